The zero-order valence-corrected chi connectivity index (χ0v) is 20.2. The maximum atomic E-state index is 12.9. The van der Waals surface area contributed by atoms with Gasteiger partial charge in [0, 0.05) is 42.9 Å². The number of aryl methyl sites for hydroxylation is 2. The monoisotopic (exact) mass is 490 g/mol. The molecule has 12 nitrogen and oxygen atoms in total. The summed E-state index contributed by atoms with van der Waals surface area (Å²) in [7, 11) is 0. The molecular weight excluding hydrogens is 464 g/mol. The average molecular weight is 491 g/mol. The van der Waals surface area contributed by atoms with Crippen LogP contribution in [-0.2, 0) is 29.2 Å². The van der Waals surface area contributed by atoms with Crippen LogP contribution in [0.2, 0.25) is 0 Å². The molecule has 1 aromatic carbocycles. The summed E-state index contributed by atoms with van der Waals surface area (Å²) in [6.45, 7) is 7.24. The van der Waals surface area contributed by atoms with E-state index in [2.05, 4.69) is 26.0 Å². The fraction of sp³-hybridized carbons (Fsp3) is 0.375. The number of amides is 4. The van der Waals surface area contributed by atoms with Crippen molar-refractivity contribution in [2.45, 2.75) is 59.3 Å². The third kappa shape index (κ3) is 4.04. The molecule has 1 fully saturated rings. The molecule has 2 aliphatic heterocycles. The molecule has 4 heterocycles. The van der Waals surface area contributed by atoms with Gasteiger partial charge in [0.2, 0.25) is 11.8 Å². The van der Waals surface area contributed by atoms with Gasteiger partial charge in [0.15, 0.2) is 5.69 Å². The van der Waals surface area contributed by atoms with Crippen LogP contribution in [0.1, 0.15) is 63.1 Å². The number of hydrogen-bond donors (Lipinski definition) is 2. The summed E-state index contributed by atoms with van der Waals surface area (Å²) in [5, 5.41) is 17.7. The smallest absolute Gasteiger partial charge is 0.273 e. The number of imide groups is 1. The van der Waals surface area contributed by atoms with E-state index in [1.54, 1.807) is 18.2 Å². The van der Waals surface area contributed by atoms with Gasteiger partial charge in [-0.15, -0.1) is 5.10 Å². The van der Waals surface area contributed by atoms with Gasteiger partial charge in [-0.3, -0.25) is 29.2 Å². The van der Waals surface area contributed by atoms with E-state index in [1.165, 1.54) is 15.8 Å². The lowest BCUT2D eigenvalue weighted by molar-refractivity contribution is -0.136. The highest BCUT2D eigenvalue weighted by Crippen LogP contribution is 2.29. The third-order valence-corrected chi connectivity index (χ3v) is 6.75. The quantitative estimate of drug-likeness (QED) is 0.486. The molecule has 0 aliphatic carbocycles. The van der Waals surface area contributed by atoms with Crippen molar-refractivity contribution in [2.24, 2.45) is 0 Å². The number of aromatic nitrogens is 5. The zero-order valence-electron chi connectivity index (χ0n) is 20.2. The van der Waals surface area contributed by atoms with Gasteiger partial charge < -0.3 is 10.2 Å². The van der Waals surface area contributed by atoms with Crippen LogP contribution in [0, 0.1) is 13.8 Å². The maximum Gasteiger partial charge on any atom is 0.273 e. The second-order valence-corrected chi connectivity index (χ2v) is 8.94. The topological polar surface area (TPSA) is 144 Å². The number of piperidine rings is 1. The van der Waals surface area contributed by atoms with Crippen molar-refractivity contribution < 1.29 is 19.2 Å². The highest BCUT2D eigenvalue weighted by atomic mass is 16.2. The number of benzene rings is 1. The lowest BCUT2D eigenvalue weighted by Crippen LogP contribution is -2.52. The summed E-state index contributed by atoms with van der Waals surface area (Å²) < 4.78 is 3.37. The molecule has 0 saturated carbocycles. The zero-order chi connectivity index (χ0) is 25.6. The highest BCUT2D eigenvalue weighted by Gasteiger charge is 2.39. The van der Waals surface area contributed by atoms with Crippen LogP contribution in [0.5, 0.6) is 0 Å². The van der Waals surface area contributed by atoms with Crippen LogP contribution < -0.4 is 10.6 Å². The Labute approximate surface area is 206 Å². The van der Waals surface area contributed by atoms with Crippen LogP contribution in [0.25, 0.3) is 5.69 Å². The Morgan fingerprint density at radius 3 is 2.75 bits per heavy atom. The molecule has 2 aromatic heterocycles. The summed E-state index contributed by atoms with van der Waals surface area (Å²) in [5.74, 6) is -1.38. The number of hydrogen-bond acceptors (Lipinski definition) is 7. The molecule has 1 unspecified atom stereocenters. The van der Waals surface area contributed by atoms with E-state index in [-0.39, 0.29) is 36.4 Å². The Kier molecular flexibility index (Phi) is 5.86. The van der Waals surface area contributed by atoms with Gasteiger partial charge in [-0.05, 0) is 51.0 Å². The Bertz CT molecular complexity index is 1400. The van der Waals surface area contributed by atoms with Crippen molar-refractivity contribution in [3.05, 3.63) is 58.2 Å². The van der Waals surface area contributed by atoms with E-state index >= 15 is 0 Å². The molecule has 2 aliphatic rings. The van der Waals surface area contributed by atoms with Gasteiger partial charge in [0.25, 0.3) is 11.8 Å². The second-order valence-electron chi connectivity index (χ2n) is 8.94. The van der Waals surface area contributed by atoms with Crippen molar-refractivity contribution in [3.8, 4) is 5.69 Å². The first-order valence-corrected chi connectivity index (χ1v) is 11.8. The summed E-state index contributed by atoms with van der Waals surface area (Å²) in [6.07, 6.45) is 2.03. The second kappa shape index (κ2) is 9.02. The normalized spacial score (nSPS) is 17.4. The minimum absolute atomic E-state index is 0.162. The van der Waals surface area contributed by atoms with Crippen LogP contribution in [0.4, 0.5) is 0 Å². The van der Waals surface area contributed by atoms with Crippen molar-refractivity contribution >= 4 is 23.6 Å². The molecule has 2 N–H and O–H groups in total. The maximum absolute atomic E-state index is 12.9. The number of fused-ring (bicyclic) bond motifs is 1. The van der Waals surface area contributed by atoms with Crippen LogP contribution in [0.3, 0.4) is 0 Å². The van der Waals surface area contributed by atoms with E-state index in [4.69, 9.17) is 0 Å². The summed E-state index contributed by atoms with van der Waals surface area (Å²) in [4.78, 5) is 50.8. The van der Waals surface area contributed by atoms with Gasteiger partial charge in [0.1, 0.15) is 6.04 Å². The molecule has 1 saturated heterocycles. The minimum Gasteiger partial charge on any atom is -0.346 e. The Morgan fingerprint density at radius 1 is 1.22 bits per heavy atom. The van der Waals surface area contributed by atoms with E-state index in [9.17, 15) is 19.2 Å². The van der Waals surface area contributed by atoms with E-state index in [0.29, 0.717) is 24.2 Å². The number of rotatable bonds is 6. The van der Waals surface area contributed by atoms with Crippen molar-refractivity contribution in [2.75, 3.05) is 0 Å². The van der Waals surface area contributed by atoms with Gasteiger partial charge in [-0.1, -0.05) is 5.21 Å². The van der Waals surface area contributed by atoms with Gasteiger partial charge in [-0.2, -0.15) is 5.10 Å². The molecular formula is C24H26N8O4. The largest absolute Gasteiger partial charge is 0.346 e. The predicted octanol–water partition coefficient (Wildman–Crippen LogP) is 0.792. The molecule has 1 atom stereocenters. The first-order valence-electron chi connectivity index (χ1n) is 11.8. The SMILES string of the molecule is CCn1nc(C)c(CNC(=O)c2cn(-c3ccc4c(c3)CN(C3CCC(=O)NC3=O)C4=O)nn2)c1C. The fourth-order valence-electron chi connectivity index (χ4n) is 4.75. The number of nitrogens with one attached hydrogen (secondary N) is 2. The van der Waals surface area contributed by atoms with E-state index in [0.717, 1.165) is 29.1 Å². The average Bonchev–Trinajstić information content (AvgIpc) is 3.54. The molecule has 186 valence electrons. The molecule has 4 amide bonds. The number of carbonyl (C=O) groups excluding carboxylic acids is 4. The third-order valence-electron chi connectivity index (χ3n) is 6.75. The predicted molar refractivity (Wildman–Crippen MR) is 126 cm³/mol. The van der Waals surface area contributed by atoms with E-state index in [1.807, 2.05) is 25.5 Å². The molecule has 12 heteroatoms. The first-order chi connectivity index (χ1) is 17.3. The van der Waals surface area contributed by atoms with Crippen molar-refractivity contribution in [3.63, 3.8) is 0 Å². The van der Waals surface area contributed by atoms with Crippen LogP contribution in [0.15, 0.2) is 24.4 Å². The lowest BCUT2D eigenvalue weighted by atomic mass is 10.0. The Balaban J connectivity index is 1.29. The summed E-state index contributed by atoms with van der Waals surface area (Å²) in [6, 6.07) is 4.51. The fourth-order valence-corrected chi connectivity index (χ4v) is 4.75. The minimum atomic E-state index is -0.676. The molecule has 0 radical (unpaired) electrons. The molecule has 36 heavy (non-hydrogen) atoms. The Hall–Kier alpha value is -4.35. The van der Waals surface area contributed by atoms with Gasteiger partial charge in [0.05, 0.1) is 17.6 Å². The molecule has 0 spiro atoms. The molecule has 0 bridgehead atoms. The van der Waals surface area contributed by atoms with Gasteiger partial charge in [-0.25, -0.2) is 4.68 Å². The lowest BCUT2D eigenvalue weighted by Gasteiger charge is -2.29. The van der Waals surface area contributed by atoms with Crippen molar-refractivity contribution in [1.29, 1.82) is 0 Å². The molecule has 5 rings (SSSR count). The standard InChI is InChI=1S/C24H26N8O4/c1-4-31-14(3)18(13(2)28-31)10-25-22(34)19-12-32(29-27-19)16-5-6-17-15(9-16)11-30(24(17)36)20-7-8-21(33)26-23(20)35/h5-6,9,12,20H,4,7-8,10-11H2,1-3H3,(H,25,34)(H,26,33,35). The highest BCUT2D eigenvalue weighted by molar-refractivity contribution is 6.05. The van der Waals surface area contributed by atoms with E-state index < -0.39 is 11.9 Å². The van der Waals surface area contributed by atoms with Crippen LogP contribution >= 0.6 is 0 Å². The summed E-state index contributed by atoms with van der Waals surface area (Å²) >= 11 is 0. The molecule has 3 aromatic rings. The number of carbonyl (C=O) groups is 4. The first kappa shape index (κ1) is 23.4. The van der Waals surface area contributed by atoms with Gasteiger partial charge >= 0.3 is 0 Å². The summed E-state index contributed by atoms with van der Waals surface area (Å²) in [5.41, 5.74) is 4.89. The van der Waals surface area contributed by atoms with Crippen LogP contribution in [-0.4, -0.2) is 59.3 Å². The Morgan fingerprint density at radius 2 is 2.03 bits per heavy atom. The van der Waals surface area contributed by atoms with Crippen molar-refractivity contribution in [1.82, 2.24) is 40.3 Å². The number of nitrogens with zero attached hydrogens (tertiary/aromatic N) is 6.